The second kappa shape index (κ2) is 5.43. The second-order valence-electron chi connectivity index (χ2n) is 4.42. The van der Waals surface area contributed by atoms with Crippen molar-refractivity contribution in [2.75, 3.05) is 0 Å². The number of thiophene rings is 1. The Hall–Kier alpha value is -0.190. The SMILES string of the molecule is Cc1cc(C(Br)c2c(C)cc(F)cc2C)sc1Br. The van der Waals surface area contributed by atoms with E-state index in [4.69, 9.17) is 0 Å². The van der Waals surface area contributed by atoms with Crippen LogP contribution in [0.5, 0.6) is 0 Å². The summed E-state index contributed by atoms with van der Waals surface area (Å²) in [6.45, 7) is 5.98. The van der Waals surface area contributed by atoms with Gasteiger partial charge in [-0.15, -0.1) is 11.3 Å². The molecule has 0 aliphatic heterocycles. The molecule has 1 aromatic carbocycles. The van der Waals surface area contributed by atoms with Gasteiger partial charge in [0.25, 0.3) is 0 Å². The van der Waals surface area contributed by atoms with E-state index in [-0.39, 0.29) is 10.6 Å². The minimum absolute atomic E-state index is 0.119. The van der Waals surface area contributed by atoms with Crippen molar-refractivity contribution in [1.29, 1.82) is 0 Å². The first-order valence-electron chi connectivity index (χ1n) is 5.56. The van der Waals surface area contributed by atoms with E-state index >= 15 is 0 Å². The van der Waals surface area contributed by atoms with E-state index < -0.39 is 0 Å². The normalized spacial score (nSPS) is 12.8. The van der Waals surface area contributed by atoms with E-state index in [0.29, 0.717) is 0 Å². The molecule has 0 radical (unpaired) electrons. The number of alkyl halides is 1. The summed E-state index contributed by atoms with van der Waals surface area (Å²) in [4.78, 5) is 1.35. The van der Waals surface area contributed by atoms with Crippen molar-refractivity contribution in [3.63, 3.8) is 0 Å². The summed E-state index contributed by atoms with van der Waals surface area (Å²) in [5, 5.41) is 0. The van der Waals surface area contributed by atoms with Crippen LogP contribution in [0.3, 0.4) is 0 Å². The highest BCUT2D eigenvalue weighted by Crippen LogP contribution is 2.41. The fourth-order valence-corrected chi connectivity index (χ4v) is 4.77. The van der Waals surface area contributed by atoms with Gasteiger partial charge in [-0.3, -0.25) is 0 Å². The largest absolute Gasteiger partial charge is 0.207 e. The summed E-state index contributed by atoms with van der Waals surface area (Å²) in [5.41, 5.74) is 4.36. The van der Waals surface area contributed by atoms with Gasteiger partial charge < -0.3 is 0 Å². The molecule has 0 spiro atoms. The fraction of sp³-hybridized carbons (Fsp3) is 0.286. The Morgan fingerprint density at radius 1 is 1.06 bits per heavy atom. The average Bonchev–Trinajstić information content (AvgIpc) is 2.57. The molecule has 0 aliphatic rings. The Balaban J connectivity index is 2.49. The number of hydrogen-bond donors (Lipinski definition) is 0. The lowest BCUT2D eigenvalue weighted by Crippen LogP contribution is -1.98. The van der Waals surface area contributed by atoms with Crippen LogP contribution in [0.15, 0.2) is 22.0 Å². The average molecular weight is 392 g/mol. The molecule has 1 unspecified atom stereocenters. The van der Waals surface area contributed by atoms with Crippen molar-refractivity contribution >= 4 is 43.2 Å². The standard InChI is InChI=1S/C14H13Br2FS/c1-7-4-10(17)5-8(2)12(7)13(15)11-6-9(3)14(16)18-11/h4-6,13H,1-3H3. The maximum Gasteiger partial charge on any atom is 0.123 e. The molecule has 1 heterocycles. The van der Waals surface area contributed by atoms with E-state index in [0.717, 1.165) is 20.5 Å². The molecule has 0 amide bonds. The molecule has 1 atom stereocenters. The molecule has 96 valence electrons. The summed E-state index contributed by atoms with van der Waals surface area (Å²) in [6, 6.07) is 5.34. The maximum absolute atomic E-state index is 13.3. The van der Waals surface area contributed by atoms with E-state index in [2.05, 4.69) is 44.8 Å². The third-order valence-corrected chi connectivity index (χ3v) is 6.39. The van der Waals surface area contributed by atoms with Gasteiger partial charge in [0.05, 0.1) is 8.61 Å². The second-order valence-corrected chi connectivity index (χ2v) is 7.74. The van der Waals surface area contributed by atoms with Gasteiger partial charge in [0.2, 0.25) is 0 Å². The van der Waals surface area contributed by atoms with Crippen LogP contribution >= 0.6 is 43.2 Å². The van der Waals surface area contributed by atoms with Crippen molar-refractivity contribution in [3.05, 3.63) is 54.9 Å². The first-order valence-corrected chi connectivity index (χ1v) is 8.09. The molecule has 0 saturated heterocycles. The third kappa shape index (κ3) is 2.70. The summed E-state index contributed by atoms with van der Waals surface area (Å²) in [5.74, 6) is -0.169. The van der Waals surface area contributed by atoms with Crippen molar-refractivity contribution in [2.45, 2.75) is 25.6 Å². The predicted molar refractivity (Wildman–Crippen MR) is 83.4 cm³/mol. The highest BCUT2D eigenvalue weighted by molar-refractivity contribution is 9.11. The van der Waals surface area contributed by atoms with Gasteiger partial charge in [0, 0.05) is 4.88 Å². The maximum atomic E-state index is 13.3. The van der Waals surface area contributed by atoms with Gasteiger partial charge in [-0.1, -0.05) is 15.9 Å². The molecular formula is C14H13Br2FS. The molecule has 0 N–H and O–H groups in total. The zero-order valence-corrected chi connectivity index (χ0v) is 14.3. The lowest BCUT2D eigenvalue weighted by atomic mass is 9.99. The van der Waals surface area contributed by atoms with Crippen molar-refractivity contribution < 1.29 is 4.39 Å². The Bertz CT molecular complexity index is 547. The number of benzene rings is 1. The molecule has 18 heavy (non-hydrogen) atoms. The van der Waals surface area contributed by atoms with Gasteiger partial charge in [-0.25, -0.2) is 4.39 Å². The first kappa shape index (κ1) is 14.2. The summed E-state index contributed by atoms with van der Waals surface area (Å²) >= 11 is 8.99. The molecular weight excluding hydrogens is 379 g/mol. The van der Waals surface area contributed by atoms with Crippen LogP contribution in [0.1, 0.15) is 32.0 Å². The van der Waals surface area contributed by atoms with E-state index in [9.17, 15) is 4.39 Å². The molecule has 0 aliphatic carbocycles. The molecule has 2 aromatic rings. The van der Waals surface area contributed by atoms with Crippen molar-refractivity contribution in [2.24, 2.45) is 0 Å². The third-order valence-electron chi connectivity index (χ3n) is 2.94. The summed E-state index contributed by atoms with van der Waals surface area (Å²) < 4.78 is 14.5. The number of hydrogen-bond acceptors (Lipinski definition) is 1. The molecule has 2 rings (SSSR count). The van der Waals surface area contributed by atoms with E-state index in [1.54, 1.807) is 23.5 Å². The van der Waals surface area contributed by atoms with Crippen LogP contribution in [0.25, 0.3) is 0 Å². The van der Waals surface area contributed by atoms with Crippen LogP contribution in [0, 0.1) is 26.6 Å². The molecule has 0 nitrogen and oxygen atoms in total. The minimum atomic E-state index is -0.169. The van der Waals surface area contributed by atoms with Crippen LogP contribution in [0.2, 0.25) is 0 Å². The van der Waals surface area contributed by atoms with Crippen LogP contribution < -0.4 is 0 Å². The number of rotatable bonds is 2. The Kier molecular flexibility index (Phi) is 4.29. The van der Waals surface area contributed by atoms with E-state index in [1.807, 2.05) is 13.8 Å². The van der Waals surface area contributed by atoms with E-state index in [1.165, 1.54) is 10.4 Å². The summed E-state index contributed by atoms with van der Waals surface area (Å²) in [6.07, 6.45) is 0. The Morgan fingerprint density at radius 3 is 2.06 bits per heavy atom. The van der Waals surface area contributed by atoms with Gasteiger partial charge in [-0.2, -0.15) is 0 Å². The number of aryl methyl sites for hydroxylation is 3. The predicted octanol–water partition coefficient (Wildman–Crippen LogP) is 6.06. The smallest absolute Gasteiger partial charge is 0.123 e. The zero-order valence-electron chi connectivity index (χ0n) is 10.4. The highest BCUT2D eigenvalue weighted by Gasteiger charge is 2.18. The Labute approximate surface area is 127 Å². The summed E-state index contributed by atoms with van der Waals surface area (Å²) in [7, 11) is 0. The molecule has 1 aromatic heterocycles. The van der Waals surface area contributed by atoms with Gasteiger partial charge >= 0.3 is 0 Å². The lowest BCUT2D eigenvalue weighted by molar-refractivity contribution is 0.624. The van der Waals surface area contributed by atoms with Gasteiger partial charge in [0.15, 0.2) is 0 Å². The van der Waals surface area contributed by atoms with Crippen LogP contribution in [0.4, 0.5) is 4.39 Å². The molecule has 4 heteroatoms. The Morgan fingerprint density at radius 2 is 1.61 bits per heavy atom. The van der Waals surface area contributed by atoms with Gasteiger partial charge in [-0.05, 0) is 77.2 Å². The van der Waals surface area contributed by atoms with Crippen LogP contribution in [-0.4, -0.2) is 0 Å². The molecule has 0 bridgehead atoms. The quantitative estimate of drug-likeness (QED) is 0.545. The lowest BCUT2D eigenvalue weighted by Gasteiger charge is -2.15. The minimum Gasteiger partial charge on any atom is -0.207 e. The fourth-order valence-electron chi connectivity index (χ4n) is 2.07. The molecule has 0 fully saturated rings. The molecule has 0 saturated carbocycles. The highest BCUT2D eigenvalue weighted by atomic mass is 79.9. The zero-order chi connectivity index (χ0) is 13.4. The first-order chi connectivity index (χ1) is 8.40. The van der Waals surface area contributed by atoms with Gasteiger partial charge in [0.1, 0.15) is 5.82 Å². The monoisotopic (exact) mass is 390 g/mol. The van der Waals surface area contributed by atoms with Crippen molar-refractivity contribution in [3.8, 4) is 0 Å². The van der Waals surface area contributed by atoms with Crippen LogP contribution in [-0.2, 0) is 0 Å². The van der Waals surface area contributed by atoms with Crippen molar-refractivity contribution in [1.82, 2.24) is 0 Å². The topological polar surface area (TPSA) is 0 Å². The number of halogens is 3.